The molecule has 0 atom stereocenters. The first-order valence-electron chi connectivity index (χ1n) is 11.5. The summed E-state index contributed by atoms with van der Waals surface area (Å²) in [5.41, 5.74) is 0.999. The van der Waals surface area contributed by atoms with Crippen molar-refractivity contribution in [3.63, 3.8) is 0 Å². The Hall–Kier alpha value is -3.06. The van der Waals surface area contributed by atoms with E-state index in [0.717, 1.165) is 24.2 Å². The van der Waals surface area contributed by atoms with Gasteiger partial charge in [-0.05, 0) is 46.1 Å². The first-order chi connectivity index (χ1) is 16.0. The van der Waals surface area contributed by atoms with Gasteiger partial charge in [0.25, 0.3) is 8.32 Å². The third-order valence-electron chi connectivity index (χ3n) is 5.73. The summed E-state index contributed by atoms with van der Waals surface area (Å²) < 4.78 is 12.1. The summed E-state index contributed by atoms with van der Waals surface area (Å²) in [6.07, 6.45) is 5.91. The summed E-state index contributed by atoms with van der Waals surface area (Å²) >= 11 is 0. The number of methoxy groups -OCH3 is 1. The lowest BCUT2D eigenvalue weighted by Gasteiger charge is -2.43. The molecule has 0 saturated heterocycles. The predicted octanol–water partition coefficient (Wildman–Crippen LogP) is 5.96. The van der Waals surface area contributed by atoms with Crippen LogP contribution in [0.15, 0.2) is 97.1 Å². The largest absolute Gasteiger partial charge is 0.497 e. The molecule has 0 unspecified atom stereocenters. The molecule has 0 N–H and O–H groups in total. The average Bonchev–Trinajstić information content (AvgIpc) is 2.84. The third-order valence-corrected chi connectivity index (χ3v) is 10.8. The Morgan fingerprint density at radius 3 is 1.88 bits per heavy atom. The van der Waals surface area contributed by atoms with E-state index in [2.05, 4.69) is 105 Å². The number of hydrogen-bond donors (Lipinski definition) is 0. The minimum Gasteiger partial charge on any atom is -0.497 e. The highest BCUT2D eigenvalue weighted by Gasteiger charge is 2.49. The van der Waals surface area contributed by atoms with Gasteiger partial charge in [-0.15, -0.1) is 0 Å². The predicted molar refractivity (Wildman–Crippen MR) is 142 cm³/mol. The molecule has 0 aliphatic heterocycles. The number of hydrogen-bond acceptors (Lipinski definition) is 2. The van der Waals surface area contributed by atoms with Gasteiger partial charge in [-0.25, -0.2) is 0 Å². The summed E-state index contributed by atoms with van der Waals surface area (Å²) in [4.78, 5) is 0. The van der Waals surface area contributed by atoms with Gasteiger partial charge in [-0.2, -0.15) is 0 Å². The smallest absolute Gasteiger partial charge is 0.261 e. The molecular formula is C30H34O2Si. The van der Waals surface area contributed by atoms with Crippen molar-refractivity contribution in [2.75, 3.05) is 13.7 Å². The molecule has 0 aliphatic carbocycles. The van der Waals surface area contributed by atoms with Crippen LogP contribution in [0.3, 0.4) is 0 Å². The zero-order valence-electron chi connectivity index (χ0n) is 20.2. The van der Waals surface area contributed by atoms with E-state index in [4.69, 9.17) is 9.16 Å². The maximum absolute atomic E-state index is 6.90. The molecule has 0 aliphatic rings. The van der Waals surface area contributed by atoms with Crippen LogP contribution in [0.2, 0.25) is 5.04 Å². The number of allylic oxidation sites excluding steroid dienone is 1. The number of rotatable bonds is 8. The Labute approximate surface area is 200 Å². The number of ether oxygens (including phenoxy) is 1. The SMILES string of the molecule is COc1ccc(C#CC/C=C/CCO[Si](c2ccccc2)(c2ccccc2)C(C)(C)C)cc1. The molecule has 170 valence electrons. The highest BCUT2D eigenvalue weighted by atomic mass is 28.4. The van der Waals surface area contributed by atoms with E-state index in [1.165, 1.54) is 10.4 Å². The van der Waals surface area contributed by atoms with Crippen molar-refractivity contribution in [3.8, 4) is 17.6 Å². The molecule has 0 aromatic heterocycles. The minimum atomic E-state index is -2.45. The van der Waals surface area contributed by atoms with Crippen LogP contribution in [0, 0.1) is 11.8 Å². The van der Waals surface area contributed by atoms with Crippen LogP contribution >= 0.6 is 0 Å². The summed E-state index contributed by atoms with van der Waals surface area (Å²) in [6, 6.07) is 29.4. The Morgan fingerprint density at radius 1 is 0.788 bits per heavy atom. The summed E-state index contributed by atoms with van der Waals surface area (Å²) in [6.45, 7) is 7.62. The second-order valence-electron chi connectivity index (χ2n) is 9.01. The van der Waals surface area contributed by atoms with Gasteiger partial charge in [0.05, 0.1) is 7.11 Å². The highest BCUT2D eigenvalue weighted by molar-refractivity contribution is 6.99. The van der Waals surface area contributed by atoms with Gasteiger partial charge in [0, 0.05) is 18.6 Å². The molecule has 0 amide bonds. The van der Waals surface area contributed by atoms with Gasteiger partial charge in [-0.1, -0.05) is 105 Å². The lowest BCUT2D eigenvalue weighted by atomic mass is 10.2. The van der Waals surface area contributed by atoms with Crippen LogP contribution in [0.5, 0.6) is 5.75 Å². The van der Waals surface area contributed by atoms with Crippen LogP contribution in [0.25, 0.3) is 0 Å². The molecule has 3 rings (SSSR count). The molecule has 0 bridgehead atoms. The van der Waals surface area contributed by atoms with Crippen LogP contribution in [-0.2, 0) is 4.43 Å². The second-order valence-corrected chi connectivity index (χ2v) is 13.3. The second kappa shape index (κ2) is 11.7. The Balaban J connectivity index is 1.66. The first kappa shape index (κ1) is 24.6. The third kappa shape index (κ3) is 6.26. The monoisotopic (exact) mass is 454 g/mol. The molecule has 3 aromatic carbocycles. The molecule has 0 saturated carbocycles. The Morgan fingerprint density at radius 2 is 1.36 bits per heavy atom. The highest BCUT2D eigenvalue weighted by Crippen LogP contribution is 2.36. The van der Waals surface area contributed by atoms with E-state index in [-0.39, 0.29) is 5.04 Å². The maximum atomic E-state index is 6.90. The topological polar surface area (TPSA) is 18.5 Å². The molecule has 0 radical (unpaired) electrons. The van der Waals surface area contributed by atoms with Gasteiger partial charge in [0.1, 0.15) is 5.75 Å². The van der Waals surface area contributed by atoms with E-state index in [1.807, 2.05) is 24.3 Å². The van der Waals surface area contributed by atoms with E-state index < -0.39 is 8.32 Å². The van der Waals surface area contributed by atoms with Crippen molar-refractivity contribution in [3.05, 3.63) is 103 Å². The standard InChI is InChI=1S/C30H34O2Si/c1-30(2,3)33(28-17-11-8-12-18-28,29-19-13-9-14-20-29)32-25-15-7-5-6-10-16-26-21-23-27(31-4)24-22-26/h5,7-9,11-14,17-24H,6,15,25H2,1-4H3/b7-5+. The van der Waals surface area contributed by atoms with E-state index in [1.54, 1.807) is 7.11 Å². The Bertz CT molecular complexity index is 1030. The lowest BCUT2D eigenvalue weighted by Crippen LogP contribution is -2.66. The molecule has 0 heterocycles. The molecule has 33 heavy (non-hydrogen) atoms. The molecule has 0 fully saturated rings. The molecule has 3 heteroatoms. The summed E-state index contributed by atoms with van der Waals surface area (Å²) in [5, 5.41) is 2.64. The van der Waals surface area contributed by atoms with Gasteiger partial charge >= 0.3 is 0 Å². The zero-order chi connectivity index (χ0) is 23.6. The average molecular weight is 455 g/mol. The van der Waals surface area contributed by atoms with Crippen molar-refractivity contribution in [2.45, 2.75) is 38.7 Å². The first-order valence-corrected chi connectivity index (χ1v) is 13.4. The number of benzene rings is 3. The minimum absolute atomic E-state index is 0.00324. The van der Waals surface area contributed by atoms with Gasteiger partial charge < -0.3 is 9.16 Å². The Kier molecular flexibility index (Phi) is 8.71. The quantitative estimate of drug-likeness (QED) is 0.181. The normalized spacial score (nSPS) is 11.8. The molecule has 0 spiro atoms. The zero-order valence-corrected chi connectivity index (χ0v) is 21.2. The molecule has 2 nitrogen and oxygen atoms in total. The summed E-state index contributed by atoms with van der Waals surface area (Å²) in [5.74, 6) is 7.25. The summed E-state index contributed by atoms with van der Waals surface area (Å²) in [7, 11) is -0.779. The van der Waals surface area contributed by atoms with Crippen LogP contribution in [0.1, 0.15) is 39.2 Å². The fourth-order valence-electron chi connectivity index (χ4n) is 4.13. The lowest BCUT2D eigenvalue weighted by molar-refractivity contribution is 0.304. The van der Waals surface area contributed by atoms with E-state index >= 15 is 0 Å². The van der Waals surface area contributed by atoms with E-state index in [9.17, 15) is 0 Å². The van der Waals surface area contributed by atoms with Gasteiger partial charge in [-0.3, -0.25) is 0 Å². The van der Waals surface area contributed by atoms with Crippen molar-refractivity contribution in [2.24, 2.45) is 0 Å². The van der Waals surface area contributed by atoms with Crippen LogP contribution in [-0.4, -0.2) is 22.0 Å². The van der Waals surface area contributed by atoms with Gasteiger partial charge in [0.15, 0.2) is 0 Å². The van der Waals surface area contributed by atoms with Crippen molar-refractivity contribution < 1.29 is 9.16 Å². The van der Waals surface area contributed by atoms with Crippen molar-refractivity contribution >= 4 is 18.7 Å². The van der Waals surface area contributed by atoms with Crippen molar-refractivity contribution in [1.29, 1.82) is 0 Å². The maximum Gasteiger partial charge on any atom is 0.261 e. The van der Waals surface area contributed by atoms with E-state index in [0.29, 0.717) is 6.61 Å². The fraction of sp³-hybridized carbons (Fsp3) is 0.267. The van der Waals surface area contributed by atoms with Crippen LogP contribution < -0.4 is 15.1 Å². The fourth-order valence-corrected chi connectivity index (χ4v) is 8.71. The van der Waals surface area contributed by atoms with Crippen LogP contribution in [0.4, 0.5) is 0 Å². The van der Waals surface area contributed by atoms with Crippen molar-refractivity contribution in [1.82, 2.24) is 0 Å². The van der Waals surface area contributed by atoms with Gasteiger partial charge in [0.2, 0.25) is 0 Å². The molecular weight excluding hydrogens is 420 g/mol. The molecule has 3 aromatic rings.